The summed E-state index contributed by atoms with van der Waals surface area (Å²) in [5.41, 5.74) is 4.36. The molecule has 19 heavy (non-hydrogen) atoms. The first-order chi connectivity index (χ1) is 8.77. The molecule has 1 aromatic rings. The lowest BCUT2D eigenvalue weighted by molar-refractivity contribution is -0.141. The van der Waals surface area contributed by atoms with Gasteiger partial charge in [0.05, 0.1) is 0 Å². The van der Waals surface area contributed by atoms with Gasteiger partial charge in [0.1, 0.15) is 5.82 Å². The average molecular weight is 275 g/mol. The van der Waals surface area contributed by atoms with E-state index in [9.17, 15) is 13.2 Å². The van der Waals surface area contributed by atoms with Gasteiger partial charge in [0.2, 0.25) is 5.95 Å². The Kier molecular flexibility index (Phi) is 3.53. The summed E-state index contributed by atoms with van der Waals surface area (Å²) in [6.07, 6.45) is -3.62. The number of anilines is 2. The molecule has 2 heterocycles. The van der Waals surface area contributed by atoms with Gasteiger partial charge in [-0.2, -0.15) is 18.2 Å². The summed E-state index contributed by atoms with van der Waals surface area (Å²) in [6, 6.07) is 1.26. The van der Waals surface area contributed by atoms with Crippen molar-refractivity contribution in [3.8, 4) is 0 Å². The average Bonchev–Trinajstić information content (AvgIpc) is 2.76. The molecule has 1 unspecified atom stereocenters. The molecule has 0 aromatic carbocycles. The normalized spacial score (nSPS) is 20.3. The highest BCUT2D eigenvalue weighted by Crippen LogP contribution is 2.31. The Bertz CT molecular complexity index is 460. The molecule has 0 amide bonds. The van der Waals surface area contributed by atoms with E-state index in [1.807, 2.05) is 14.1 Å². The summed E-state index contributed by atoms with van der Waals surface area (Å²) in [5.74, 6) is -0.109. The minimum atomic E-state index is -4.51. The minimum Gasteiger partial charge on any atom is -0.368 e. The van der Waals surface area contributed by atoms with Gasteiger partial charge in [-0.25, -0.2) is 4.98 Å². The molecule has 106 valence electrons. The summed E-state index contributed by atoms with van der Waals surface area (Å²) >= 11 is 0. The molecule has 0 saturated carbocycles. The van der Waals surface area contributed by atoms with Crippen molar-refractivity contribution in [2.24, 2.45) is 0 Å². The number of hydrogen-bond acceptors (Lipinski definition) is 5. The van der Waals surface area contributed by atoms with Crippen LogP contribution in [0.2, 0.25) is 0 Å². The van der Waals surface area contributed by atoms with Crippen molar-refractivity contribution >= 4 is 11.8 Å². The number of nitrogens with two attached hydrogens (primary N) is 1. The van der Waals surface area contributed by atoms with Crippen LogP contribution in [-0.2, 0) is 6.18 Å². The number of nitrogen functional groups attached to an aromatic ring is 1. The van der Waals surface area contributed by atoms with Gasteiger partial charge in [0.25, 0.3) is 0 Å². The maximum atomic E-state index is 12.7. The van der Waals surface area contributed by atoms with Crippen molar-refractivity contribution in [1.29, 1.82) is 0 Å². The summed E-state index contributed by atoms with van der Waals surface area (Å²) in [6.45, 7) is 1.30. The van der Waals surface area contributed by atoms with Crippen LogP contribution in [0.25, 0.3) is 0 Å². The molecule has 5 nitrogen and oxygen atoms in total. The molecule has 2 rings (SSSR count). The summed E-state index contributed by atoms with van der Waals surface area (Å²) in [4.78, 5) is 11.0. The van der Waals surface area contributed by atoms with E-state index in [1.54, 1.807) is 4.90 Å². The van der Waals surface area contributed by atoms with E-state index >= 15 is 0 Å². The lowest BCUT2D eigenvalue weighted by atomic mass is 10.2. The molecule has 1 aliphatic heterocycles. The SMILES string of the molecule is CN(C)C1CCN(c2cc(C(F)(F)F)nc(N)n2)C1. The molecule has 1 fully saturated rings. The van der Waals surface area contributed by atoms with Crippen LogP contribution in [0.4, 0.5) is 24.9 Å². The third-order valence-electron chi connectivity index (χ3n) is 3.24. The van der Waals surface area contributed by atoms with Crippen molar-refractivity contribution in [3.63, 3.8) is 0 Å². The highest BCUT2D eigenvalue weighted by atomic mass is 19.4. The summed E-state index contributed by atoms with van der Waals surface area (Å²) < 4.78 is 38.0. The molecule has 0 aliphatic carbocycles. The Hall–Kier alpha value is -1.57. The third kappa shape index (κ3) is 3.06. The molecular weight excluding hydrogens is 259 g/mol. The molecule has 0 spiro atoms. The fourth-order valence-electron chi connectivity index (χ4n) is 2.13. The molecule has 1 aromatic heterocycles. The third-order valence-corrected chi connectivity index (χ3v) is 3.24. The topological polar surface area (TPSA) is 58.3 Å². The molecule has 1 saturated heterocycles. The van der Waals surface area contributed by atoms with Crippen LogP contribution in [0.15, 0.2) is 6.07 Å². The monoisotopic (exact) mass is 275 g/mol. The minimum absolute atomic E-state index is 0.240. The maximum absolute atomic E-state index is 12.7. The van der Waals surface area contributed by atoms with Gasteiger partial charge in [-0.3, -0.25) is 0 Å². The number of rotatable bonds is 2. The number of hydrogen-bond donors (Lipinski definition) is 1. The predicted octanol–water partition coefficient (Wildman–Crippen LogP) is 1.22. The lowest BCUT2D eigenvalue weighted by Gasteiger charge is -2.21. The van der Waals surface area contributed by atoms with Gasteiger partial charge in [-0.15, -0.1) is 0 Å². The second kappa shape index (κ2) is 4.84. The first-order valence-corrected chi connectivity index (χ1v) is 5.90. The van der Waals surface area contributed by atoms with Crippen molar-refractivity contribution in [2.45, 2.75) is 18.6 Å². The van der Waals surface area contributed by atoms with Crippen LogP contribution in [0, 0.1) is 0 Å². The number of nitrogens with zero attached hydrogens (tertiary/aromatic N) is 4. The van der Waals surface area contributed by atoms with E-state index in [0.717, 1.165) is 12.5 Å². The molecule has 2 N–H and O–H groups in total. The summed E-state index contributed by atoms with van der Waals surface area (Å²) in [5, 5.41) is 0. The highest BCUT2D eigenvalue weighted by molar-refractivity contribution is 5.45. The van der Waals surface area contributed by atoms with Gasteiger partial charge < -0.3 is 15.5 Å². The van der Waals surface area contributed by atoms with Crippen LogP contribution in [0.1, 0.15) is 12.1 Å². The van der Waals surface area contributed by atoms with E-state index in [-0.39, 0.29) is 11.8 Å². The first kappa shape index (κ1) is 13.9. The predicted molar refractivity (Wildman–Crippen MR) is 65.8 cm³/mol. The van der Waals surface area contributed by atoms with E-state index in [4.69, 9.17) is 5.73 Å². The van der Waals surface area contributed by atoms with E-state index in [0.29, 0.717) is 19.1 Å². The molecule has 0 radical (unpaired) electrons. The maximum Gasteiger partial charge on any atom is 0.433 e. The smallest absolute Gasteiger partial charge is 0.368 e. The molecular formula is C11H16F3N5. The zero-order valence-electron chi connectivity index (χ0n) is 10.8. The van der Waals surface area contributed by atoms with E-state index < -0.39 is 11.9 Å². The quantitative estimate of drug-likeness (QED) is 0.879. The lowest BCUT2D eigenvalue weighted by Crippen LogP contribution is -2.32. The number of aromatic nitrogens is 2. The molecule has 1 aliphatic rings. The Morgan fingerprint density at radius 3 is 2.58 bits per heavy atom. The van der Waals surface area contributed by atoms with Gasteiger partial charge in [0.15, 0.2) is 5.69 Å². The Balaban J connectivity index is 2.24. The Morgan fingerprint density at radius 2 is 2.05 bits per heavy atom. The zero-order chi connectivity index (χ0) is 14.2. The fraction of sp³-hybridized carbons (Fsp3) is 0.636. The van der Waals surface area contributed by atoms with Gasteiger partial charge in [-0.1, -0.05) is 0 Å². The van der Waals surface area contributed by atoms with E-state index in [2.05, 4.69) is 14.9 Å². The molecule has 1 atom stereocenters. The van der Waals surface area contributed by atoms with Crippen molar-refractivity contribution in [3.05, 3.63) is 11.8 Å². The van der Waals surface area contributed by atoms with Crippen molar-refractivity contribution in [1.82, 2.24) is 14.9 Å². The molecule has 0 bridgehead atoms. The number of alkyl halides is 3. The van der Waals surface area contributed by atoms with Crippen LogP contribution in [-0.4, -0.2) is 48.1 Å². The van der Waals surface area contributed by atoms with Crippen LogP contribution < -0.4 is 10.6 Å². The second-order valence-corrected chi connectivity index (χ2v) is 4.82. The van der Waals surface area contributed by atoms with Gasteiger partial charge in [-0.05, 0) is 20.5 Å². The van der Waals surface area contributed by atoms with Crippen LogP contribution in [0.3, 0.4) is 0 Å². The van der Waals surface area contributed by atoms with E-state index in [1.165, 1.54) is 0 Å². The summed E-state index contributed by atoms with van der Waals surface area (Å²) in [7, 11) is 3.90. The van der Waals surface area contributed by atoms with Gasteiger partial charge >= 0.3 is 6.18 Å². The first-order valence-electron chi connectivity index (χ1n) is 5.90. The standard InChI is InChI=1S/C11H16F3N5/c1-18(2)7-3-4-19(6-7)9-5-8(11(12,13)14)16-10(15)17-9/h5,7H,3-4,6H2,1-2H3,(H2,15,16,17). The van der Waals surface area contributed by atoms with Crippen molar-refractivity contribution in [2.75, 3.05) is 37.8 Å². The fourth-order valence-corrected chi connectivity index (χ4v) is 2.13. The number of halogens is 3. The van der Waals surface area contributed by atoms with Crippen molar-refractivity contribution < 1.29 is 13.2 Å². The Morgan fingerprint density at radius 1 is 1.37 bits per heavy atom. The number of likely N-dealkylation sites (N-methyl/N-ethyl adjacent to an activating group) is 1. The second-order valence-electron chi connectivity index (χ2n) is 4.82. The largest absolute Gasteiger partial charge is 0.433 e. The van der Waals surface area contributed by atoms with Crippen LogP contribution in [0.5, 0.6) is 0 Å². The highest BCUT2D eigenvalue weighted by Gasteiger charge is 2.35. The van der Waals surface area contributed by atoms with Crippen LogP contribution >= 0.6 is 0 Å². The zero-order valence-corrected chi connectivity index (χ0v) is 10.8. The van der Waals surface area contributed by atoms with Gasteiger partial charge in [0, 0.05) is 25.2 Å². The molecule has 8 heteroatoms. The Labute approximate surface area is 109 Å².